The molecule has 0 N–H and O–H groups in total. The molecule has 1 heterocycles. The van der Waals surface area contributed by atoms with Crippen molar-refractivity contribution in [3.63, 3.8) is 0 Å². The third kappa shape index (κ3) is 2.66. The highest BCUT2D eigenvalue weighted by atomic mass is 16.5. The molecule has 0 spiro atoms. The molecule has 0 aliphatic carbocycles. The first-order chi connectivity index (χ1) is 9.56. The van der Waals surface area contributed by atoms with Crippen LogP contribution in [0.2, 0.25) is 0 Å². The monoisotopic (exact) mass is 273 g/mol. The highest BCUT2D eigenvalue weighted by molar-refractivity contribution is 5.74. The summed E-state index contributed by atoms with van der Waals surface area (Å²) in [7, 11) is 0. The number of benzene rings is 1. The van der Waals surface area contributed by atoms with E-state index in [4.69, 9.17) is 0 Å². The molecule has 0 aliphatic rings. The third-order valence-electron chi connectivity index (χ3n) is 3.34. The van der Waals surface area contributed by atoms with Gasteiger partial charge in [-0.2, -0.15) is 0 Å². The van der Waals surface area contributed by atoms with Crippen LogP contribution in [0.5, 0.6) is 0 Å². The highest BCUT2D eigenvalue weighted by Gasteiger charge is 2.10. The summed E-state index contributed by atoms with van der Waals surface area (Å²) in [5.74, 6) is 0. The highest BCUT2D eigenvalue weighted by Crippen LogP contribution is 2.14. The first-order valence-corrected chi connectivity index (χ1v) is 6.75. The van der Waals surface area contributed by atoms with Gasteiger partial charge in [-0.25, -0.2) is 0 Å². The lowest BCUT2D eigenvalue weighted by Gasteiger charge is -2.17. The molecule has 5 heteroatoms. The van der Waals surface area contributed by atoms with Crippen molar-refractivity contribution in [3.05, 3.63) is 52.0 Å². The molecule has 2 rings (SSSR count). The van der Waals surface area contributed by atoms with Crippen molar-refractivity contribution >= 4 is 17.1 Å². The van der Waals surface area contributed by atoms with Crippen LogP contribution in [-0.4, -0.2) is 22.7 Å². The maximum absolute atomic E-state index is 12.3. The van der Waals surface area contributed by atoms with Crippen LogP contribution < -0.4 is 4.43 Å². The van der Waals surface area contributed by atoms with Crippen molar-refractivity contribution in [3.8, 4) is 0 Å². The van der Waals surface area contributed by atoms with Crippen molar-refractivity contribution in [2.45, 2.75) is 20.8 Å². The lowest BCUT2D eigenvalue weighted by atomic mass is 10.2. The molecule has 20 heavy (non-hydrogen) atoms. The van der Waals surface area contributed by atoms with Gasteiger partial charge in [-0.1, -0.05) is 6.07 Å². The Bertz CT molecular complexity index is 700. The molecule has 0 saturated carbocycles. The van der Waals surface area contributed by atoms with Crippen LogP contribution >= 0.6 is 0 Å². The van der Waals surface area contributed by atoms with E-state index in [1.165, 1.54) is 6.20 Å². The van der Waals surface area contributed by atoms with Gasteiger partial charge in [-0.3, -0.25) is 0 Å². The summed E-state index contributed by atoms with van der Waals surface area (Å²) < 4.78 is 1.54. The number of rotatable bonds is 4. The van der Waals surface area contributed by atoms with E-state index in [0.29, 0.717) is 16.7 Å². The lowest BCUT2D eigenvalue weighted by molar-refractivity contribution is -0.464. The third-order valence-corrected chi connectivity index (χ3v) is 3.34. The molecule has 1 aromatic heterocycles. The maximum Gasteiger partial charge on any atom is 0.286 e. The fourth-order valence-corrected chi connectivity index (χ4v) is 2.09. The van der Waals surface area contributed by atoms with Crippen LogP contribution in [0.3, 0.4) is 0 Å². The molecule has 0 unspecified atom stereocenters. The molecule has 106 valence electrons. The van der Waals surface area contributed by atoms with E-state index in [1.807, 2.05) is 33.0 Å². The minimum Gasteiger partial charge on any atom is -0.805 e. The lowest BCUT2D eigenvalue weighted by Crippen LogP contribution is -2.19. The van der Waals surface area contributed by atoms with Gasteiger partial charge in [-0.05, 0) is 38.5 Å². The van der Waals surface area contributed by atoms with Crippen LogP contribution in [0, 0.1) is 17.0 Å². The molecule has 2 aromatic rings. The fraction of sp³-hybridized carbons (Fsp3) is 0.333. The summed E-state index contributed by atoms with van der Waals surface area (Å²) in [5, 5.41) is 12.3. The Morgan fingerprint density at radius 1 is 1.35 bits per heavy atom. The Hall–Kier alpha value is -2.30. The van der Waals surface area contributed by atoms with Gasteiger partial charge in [-0.15, -0.1) is 0 Å². The molecule has 5 nitrogen and oxygen atoms in total. The minimum absolute atomic E-state index is 0.338. The summed E-state index contributed by atoms with van der Waals surface area (Å²) in [6.07, 6.45) is 4.83. The molecule has 0 amide bonds. The SMILES string of the molecule is CCN(C=Cc1c[n+](=O)c2ccc(C)cc2n1[O-])CC. The Labute approximate surface area is 117 Å². The molecule has 0 radical (unpaired) electrons. The zero-order chi connectivity index (χ0) is 14.7. The van der Waals surface area contributed by atoms with Crippen LogP contribution in [0.15, 0.2) is 30.6 Å². The van der Waals surface area contributed by atoms with Gasteiger partial charge in [0, 0.05) is 30.3 Å². The molecule has 0 atom stereocenters. The van der Waals surface area contributed by atoms with E-state index < -0.39 is 0 Å². The van der Waals surface area contributed by atoms with Gasteiger partial charge in [0.1, 0.15) is 11.2 Å². The normalized spacial score (nSPS) is 11.3. The van der Waals surface area contributed by atoms with Gasteiger partial charge >= 0.3 is 0 Å². The Balaban J connectivity index is 2.55. The summed E-state index contributed by atoms with van der Waals surface area (Å²) in [5.41, 5.74) is 2.06. The van der Waals surface area contributed by atoms with E-state index in [9.17, 15) is 10.1 Å². The molecular formula is C15H19N3O2. The number of aryl methyl sites for hydroxylation is 1. The molecule has 1 aromatic carbocycles. The van der Waals surface area contributed by atoms with E-state index in [1.54, 1.807) is 18.2 Å². The first-order valence-electron chi connectivity index (χ1n) is 6.75. The Morgan fingerprint density at radius 2 is 2.05 bits per heavy atom. The van der Waals surface area contributed by atoms with Gasteiger partial charge < -0.3 is 14.8 Å². The van der Waals surface area contributed by atoms with Crippen molar-refractivity contribution < 1.29 is 4.43 Å². The fourth-order valence-electron chi connectivity index (χ4n) is 2.09. The first kappa shape index (κ1) is 14.1. The van der Waals surface area contributed by atoms with Crippen molar-refractivity contribution in [2.24, 2.45) is 0 Å². The summed E-state index contributed by atoms with van der Waals surface area (Å²) in [6, 6.07) is 5.22. The number of fused-ring (bicyclic) bond motifs is 1. The predicted molar refractivity (Wildman–Crippen MR) is 80.8 cm³/mol. The van der Waals surface area contributed by atoms with Crippen LogP contribution in [0.25, 0.3) is 17.1 Å². The van der Waals surface area contributed by atoms with Crippen molar-refractivity contribution in [1.29, 1.82) is 0 Å². The van der Waals surface area contributed by atoms with Gasteiger partial charge in [0.2, 0.25) is 0 Å². The Kier molecular flexibility index (Phi) is 4.08. The predicted octanol–water partition coefficient (Wildman–Crippen LogP) is 2.52. The summed E-state index contributed by atoms with van der Waals surface area (Å²) >= 11 is 0. The second kappa shape index (κ2) is 5.77. The molecule has 0 aliphatic heterocycles. The minimum atomic E-state index is 0.338. The van der Waals surface area contributed by atoms with Gasteiger partial charge in [0.25, 0.3) is 11.7 Å². The van der Waals surface area contributed by atoms with Gasteiger partial charge in [0.05, 0.1) is 4.43 Å². The number of nitrogens with zero attached hydrogens (tertiary/aromatic N) is 3. The summed E-state index contributed by atoms with van der Waals surface area (Å²) in [4.78, 5) is 14.0. The molecule has 0 saturated heterocycles. The average molecular weight is 273 g/mol. The number of aromatic nitrogens is 2. The quantitative estimate of drug-likeness (QED) is 0.804. The number of hydrogen-bond acceptors (Lipinski definition) is 3. The second-order valence-corrected chi connectivity index (χ2v) is 4.70. The molecular weight excluding hydrogens is 254 g/mol. The standard InChI is InChI=1S/C15H19N3O2/c1-4-16(5-2)9-8-13-11-17(19)14-7-6-12(3)10-15(14)18(13)20/h6-11H,4-5H2,1-3H3. The van der Waals surface area contributed by atoms with E-state index >= 15 is 0 Å². The molecule has 0 bridgehead atoms. The zero-order valence-corrected chi connectivity index (χ0v) is 12.0. The van der Waals surface area contributed by atoms with E-state index in [2.05, 4.69) is 4.90 Å². The van der Waals surface area contributed by atoms with Crippen LogP contribution in [0.4, 0.5) is 0 Å². The zero-order valence-electron chi connectivity index (χ0n) is 12.0. The maximum atomic E-state index is 12.3. The van der Waals surface area contributed by atoms with Gasteiger partial charge in [0.15, 0.2) is 0 Å². The number of hydrogen-bond donors (Lipinski definition) is 0. The van der Waals surface area contributed by atoms with Crippen molar-refractivity contribution in [2.75, 3.05) is 13.1 Å². The van der Waals surface area contributed by atoms with Crippen molar-refractivity contribution in [1.82, 2.24) is 9.63 Å². The average Bonchev–Trinajstić information content (AvgIpc) is 2.44. The van der Waals surface area contributed by atoms with Crippen LogP contribution in [0.1, 0.15) is 25.1 Å². The van der Waals surface area contributed by atoms with E-state index in [0.717, 1.165) is 27.8 Å². The van der Waals surface area contributed by atoms with E-state index in [-0.39, 0.29) is 0 Å². The largest absolute Gasteiger partial charge is 0.805 e. The summed E-state index contributed by atoms with van der Waals surface area (Å²) in [6.45, 7) is 7.69. The molecule has 0 fully saturated rings. The smallest absolute Gasteiger partial charge is 0.286 e. The van der Waals surface area contributed by atoms with Crippen LogP contribution in [-0.2, 0) is 0 Å². The topological polar surface area (TPSA) is 54.2 Å². The Morgan fingerprint density at radius 3 is 2.70 bits per heavy atom. The second-order valence-electron chi connectivity index (χ2n) is 4.70.